The van der Waals surface area contributed by atoms with Crippen molar-refractivity contribution >= 4 is 11.9 Å². The zero-order valence-electron chi connectivity index (χ0n) is 10.5. The van der Waals surface area contributed by atoms with Crippen LogP contribution in [0.5, 0.6) is 0 Å². The van der Waals surface area contributed by atoms with Crippen LogP contribution in [0.3, 0.4) is 0 Å². The third-order valence-corrected chi connectivity index (χ3v) is 2.59. The predicted molar refractivity (Wildman–Crippen MR) is 69.0 cm³/mol. The van der Waals surface area contributed by atoms with Crippen LogP contribution in [-0.2, 0) is 0 Å². The SMILES string of the molecule is CCN(/C=C/c1[nH]c(=O)ccc1C(C)=O)CC. The second kappa shape index (κ2) is 6.03. The second-order valence-corrected chi connectivity index (χ2v) is 3.74. The number of rotatable bonds is 5. The molecule has 0 aromatic carbocycles. The summed E-state index contributed by atoms with van der Waals surface area (Å²) in [6, 6.07) is 2.93. The van der Waals surface area contributed by atoms with Crippen molar-refractivity contribution < 1.29 is 4.79 Å². The number of ketones is 1. The highest BCUT2D eigenvalue weighted by Gasteiger charge is 2.05. The van der Waals surface area contributed by atoms with E-state index in [2.05, 4.69) is 9.88 Å². The van der Waals surface area contributed by atoms with Crippen molar-refractivity contribution in [3.8, 4) is 0 Å². The van der Waals surface area contributed by atoms with E-state index < -0.39 is 0 Å². The number of carbonyl (C=O) groups is 1. The van der Waals surface area contributed by atoms with E-state index in [-0.39, 0.29) is 11.3 Å². The smallest absolute Gasteiger partial charge is 0.248 e. The van der Waals surface area contributed by atoms with E-state index >= 15 is 0 Å². The molecular formula is C13H18N2O2. The van der Waals surface area contributed by atoms with Crippen molar-refractivity contribution in [2.75, 3.05) is 13.1 Å². The Labute approximate surface area is 101 Å². The molecule has 0 aliphatic heterocycles. The minimum Gasteiger partial charge on any atom is -0.378 e. The number of Topliss-reactive ketones (excluding diaryl/α,β-unsaturated/α-hetero) is 1. The highest BCUT2D eigenvalue weighted by atomic mass is 16.1. The van der Waals surface area contributed by atoms with Crippen LogP contribution in [0, 0.1) is 0 Å². The van der Waals surface area contributed by atoms with Crippen LogP contribution in [0.4, 0.5) is 0 Å². The van der Waals surface area contributed by atoms with Crippen LogP contribution in [0.15, 0.2) is 23.1 Å². The first-order chi connectivity index (χ1) is 8.08. The molecule has 0 unspecified atom stereocenters. The zero-order chi connectivity index (χ0) is 12.8. The van der Waals surface area contributed by atoms with E-state index in [1.165, 1.54) is 13.0 Å². The number of H-pyrrole nitrogens is 1. The van der Waals surface area contributed by atoms with E-state index in [4.69, 9.17) is 0 Å². The first kappa shape index (κ1) is 13.2. The Bertz CT molecular complexity index is 471. The van der Waals surface area contributed by atoms with Gasteiger partial charge in [0.25, 0.3) is 0 Å². The van der Waals surface area contributed by atoms with Gasteiger partial charge in [-0.2, -0.15) is 0 Å². The quantitative estimate of drug-likeness (QED) is 0.791. The molecule has 0 aliphatic carbocycles. The molecule has 1 N–H and O–H groups in total. The second-order valence-electron chi connectivity index (χ2n) is 3.74. The average Bonchev–Trinajstić information content (AvgIpc) is 2.30. The molecule has 1 aromatic heterocycles. The molecule has 0 amide bonds. The van der Waals surface area contributed by atoms with Crippen molar-refractivity contribution in [1.29, 1.82) is 0 Å². The molecule has 0 bridgehead atoms. The summed E-state index contributed by atoms with van der Waals surface area (Å²) in [7, 11) is 0. The van der Waals surface area contributed by atoms with Gasteiger partial charge in [-0.3, -0.25) is 9.59 Å². The first-order valence-electron chi connectivity index (χ1n) is 5.75. The molecule has 0 fully saturated rings. The van der Waals surface area contributed by atoms with Gasteiger partial charge < -0.3 is 9.88 Å². The van der Waals surface area contributed by atoms with Gasteiger partial charge in [-0.1, -0.05) is 0 Å². The number of nitrogens with one attached hydrogen (secondary N) is 1. The zero-order valence-corrected chi connectivity index (χ0v) is 10.5. The topological polar surface area (TPSA) is 53.2 Å². The summed E-state index contributed by atoms with van der Waals surface area (Å²) in [4.78, 5) is 27.4. The normalized spacial score (nSPS) is 10.8. The average molecular weight is 234 g/mol. The van der Waals surface area contributed by atoms with E-state index in [0.29, 0.717) is 11.3 Å². The summed E-state index contributed by atoms with van der Waals surface area (Å²) >= 11 is 0. The van der Waals surface area contributed by atoms with Gasteiger partial charge in [0.05, 0.1) is 5.69 Å². The summed E-state index contributed by atoms with van der Waals surface area (Å²) in [5.41, 5.74) is 0.902. The molecule has 1 rings (SSSR count). The van der Waals surface area contributed by atoms with Crippen molar-refractivity contribution in [2.45, 2.75) is 20.8 Å². The molecule has 0 atom stereocenters. The van der Waals surface area contributed by atoms with Crippen LogP contribution in [0.25, 0.3) is 6.08 Å². The van der Waals surface area contributed by atoms with Crippen molar-refractivity contribution in [3.63, 3.8) is 0 Å². The minimum atomic E-state index is -0.200. The van der Waals surface area contributed by atoms with E-state index in [1.54, 1.807) is 12.1 Å². The van der Waals surface area contributed by atoms with E-state index in [9.17, 15) is 9.59 Å². The highest BCUT2D eigenvalue weighted by molar-refractivity contribution is 5.96. The summed E-state index contributed by atoms with van der Waals surface area (Å²) in [6.07, 6.45) is 3.66. The van der Waals surface area contributed by atoms with Gasteiger partial charge in [-0.05, 0) is 32.9 Å². The minimum absolute atomic E-state index is 0.0551. The van der Waals surface area contributed by atoms with E-state index in [1.807, 2.05) is 20.0 Å². The third kappa shape index (κ3) is 3.59. The Morgan fingerprint density at radius 1 is 1.35 bits per heavy atom. The number of nitrogens with zero attached hydrogens (tertiary/aromatic N) is 1. The molecule has 0 saturated heterocycles. The Morgan fingerprint density at radius 3 is 2.53 bits per heavy atom. The largest absolute Gasteiger partial charge is 0.378 e. The van der Waals surface area contributed by atoms with Crippen molar-refractivity contribution in [3.05, 3.63) is 39.9 Å². The molecular weight excluding hydrogens is 216 g/mol. The molecule has 0 spiro atoms. The predicted octanol–water partition coefficient (Wildman–Crippen LogP) is 1.89. The number of carbonyl (C=O) groups excluding carboxylic acids is 1. The maximum atomic E-state index is 11.4. The molecule has 92 valence electrons. The van der Waals surface area contributed by atoms with Gasteiger partial charge in [0, 0.05) is 30.9 Å². The van der Waals surface area contributed by atoms with Gasteiger partial charge >= 0.3 is 0 Å². The molecule has 4 nitrogen and oxygen atoms in total. The molecule has 1 heterocycles. The number of aromatic amines is 1. The Balaban J connectivity index is 3.08. The van der Waals surface area contributed by atoms with Gasteiger partial charge in [-0.25, -0.2) is 0 Å². The number of pyridine rings is 1. The van der Waals surface area contributed by atoms with Crippen LogP contribution >= 0.6 is 0 Å². The lowest BCUT2D eigenvalue weighted by atomic mass is 10.1. The van der Waals surface area contributed by atoms with Crippen LogP contribution in [0.2, 0.25) is 0 Å². The van der Waals surface area contributed by atoms with E-state index in [0.717, 1.165) is 13.1 Å². The maximum Gasteiger partial charge on any atom is 0.248 e. The van der Waals surface area contributed by atoms with Crippen molar-refractivity contribution in [2.24, 2.45) is 0 Å². The monoisotopic (exact) mass is 234 g/mol. The number of hydrogen-bond donors (Lipinski definition) is 1. The maximum absolute atomic E-state index is 11.4. The number of hydrogen-bond acceptors (Lipinski definition) is 3. The lowest BCUT2D eigenvalue weighted by molar-refractivity contribution is 0.101. The highest BCUT2D eigenvalue weighted by Crippen LogP contribution is 2.07. The Morgan fingerprint density at radius 2 is 2.00 bits per heavy atom. The first-order valence-corrected chi connectivity index (χ1v) is 5.75. The lowest BCUT2D eigenvalue weighted by Gasteiger charge is -2.14. The Kier molecular flexibility index (Phi) is 4.69. The summed E-state index contributed by atoms with van der Waals surface area (Å²) < 4.78 is 0. The summed E-state index contributed by atoms with van der Waals surface area (Å²) in [5.74, 6) is -0.0551. The Hall–Kier alpha value is -1.84. The van der Waals surface area contributed by atoms with Crippen LogP contribution < -0.4 is 5.56 Å². The molecule has 0 aliphatic rings. The molecule has 0 radical (unpaired) electrons. The van der Waals surface area contributed by atoms with Gasteiger partial charge in [0.15, 0.2) is 5.78 Å². The third-order valence-electron chi connectivity index (χ3n) is 2.59. The molecule has 4 heteroatoms. The fraction of sp³-hybridized carbons (Fsp3) is 0.385. The fourth-order valence-electron chi connectivity index (χ4n) is 1.54. The summed E-state index contributed by atoms with van der Waals surface area (Å²) in [5, 5.41) is 0. The molecule has 1 aromatic rings. The van der Waals surface area contributed by atoms with Gasteiger partial charge in [0.1, 0.15) is 0 Å². The number of aromatic nitrogens is 1. The van der Waals surface area contributed by atoms with Gasteiger partial charge in [-0.15, -0.1) is 0 Å². The van der Waals surface area contributed by atoms with Gasteiger partial charge in [0.2, 0.25) is 5.56 Å². The van der Waals surface area contributed by atoms with Crippen LogP contribution in [0.1, 0.15) is 36.8 Å². The molecule has 17 heavy (non-hydrogen) atoms. The fourth-order valence-corrected chi connectivity index (χ4v) is 1.54. The van der Waals surface area contributed by atoms with Crippen LogP contribution in [-0.4, -0.2) is 28.8 Å². The van der Waals surface area contributed by atoms with Crippen molar-refractivity contribution in [1.82, 2.24) is 9.88 Å². The lowest BCUT2D eigenvalue weighted by Crippen LogP contribution is -2.16. The molecule has 0 saturated carbocycles. The standard InChI is InChI=1S/C13H18N2O2/c1-4-15(5-2)9-8-12-11(10(3)16)6-7-13(17)14-12/h6-9H,4-5H2,1-3H3,(H,14,17)/b9-8+. The summed E-state index contributed by atoms with van der Waals surface area (Å²) in [6.45, 7) is 7.36.